The second-order valence-electron chi connectivity index (χ2n) is 6.33. The second kappa shape index (κ2) is 4.08. The zero-order valence-corrected chi connectivity index (χ0v) is 12.6. The van der Waals surface area contributed by atoms with Gasteiger partial charge in [-0.15, -0.1) is 11.3 Å². The molecule has 2 aliphatic carbocycles. The van der Waals surface area contributed by atoms with E-state index in [1.807, 2.05) is 13.1 Å². The molecule has 0 saturated heterocycles. The van der Waals surface area contributed by atoms with Crippen molar-refractivity contribution < 1.29 is 4.39 Å². The van der Waals surface area contributed by atoms with Crippen molar-refractivity contribution in [2.45, 2.75) is 26.2 Å². The van der Waals surface area contributed by atoms with E-state index >= 15 is 0 Å². The van der Waals surface area contributed by atoms with Crippen LogP contribution in [-0.4, -0.2) is 7.05 Å². The van der Waals surface area contributed by atoms with Crippen molar-refractivity contribution in [2.75, 3.05) is 7.05 Å². The topological polar surface area (TPSA) is 12.0 Å². The highest BCUT2D eigenvalue weighted by Crippen LogP contribution is 2.59. The van der Waals surface area contributed by atoms with Gasteiger partial charge in [-0.3, -0.25) is 0 Å². The summed E-state index contributed by atoms with van der Waals surface area (Å²) < 4.78 is 14.4. The van der Waals surface area contributed by atoms with E-state index in [4.69, 9.17) is 0 Å². The zero-order valence-electron chi connectivity index (χ0n) is 11.8. The summed E-state index contributed by atoms with van der Waals surface area (Å²) in [5.41, 5.74) is 4.54. The van der Waals surface area contributed by atoms with Gasteiger partial charge in [-0.05, 0) is 53.8 Å². The van der Waals surface area contributed by atoms with Crippen LogP contribution in [-0.2, 0) is 0 Å². The highest BCUT2D eigenvalue weighted by atomic mass is 32.1. The van der Waals surface area contributed by atoms with Crippen LogP contribution in [0.15, 0.2) is 29.3 Å². The van der Waals surface area contributed by atoms with Gasteiger partial charge in [-0.25, -0.2) is 4.39 Å². The molecule has 0 spiro atoms. The third-order valence-corrected chi connectivity index (χ3v) is 6.05. The van der Waals surface area contributed by atoms with E-state index < -0.39 is 0 Å². The summed E-state index contributed by atoms with van der Waals surface area (Å²) in [5, 5.41) is 6.87. The van der Waals surface area contributed by atoms with E-state index in [0.717, 1.165) is 4.70 Å². The molecule has 2 aromatic rings. The van der Waals surface area contributed by atoms with Crippen LogP contribution >= 0.6 is 11.3 Å². The van der Waals surface area contributed by atoms with Crippen molar-refractivity contribution in [1.29, 1.82) is 0 Å². The molecule has 2 aliphatic rings. The van der Waals surface area contributed by atoms with E-state index in [0.29, 0.717) is 11.3 Å². The lowest BCUT2D eigenvalue weighted by atomic mass is 9.83. The summed E-state index contributed by atoms with van der Waals surface area (Å²) >= 11 is 1.65. The van der Waals surface area contributed by atoms with Crippen molar-refractivity contribution in [1.82, 2.24) is 5.32 Å². The number of rotatable bonds is 2. The average molecular weight is 287 g/mol. The summed E-state index contributed by atoms with van der Waals surface area (Å²) in [5.74, 6) is 0.527. The number of benzene rings is 1. The van der Waals surface area contributed by atoms with Crippen molar-refractivity contribution in [2.24, 2.45) is 11.3 Å². The number of allylic oxidation sites excluding steroid dienone is 2. The molecule has 2 bridgehead atoms. The summed E-state index contributed by atoms with van der Waals surface area (Å²) in [6, 6.07) is 5.16. The molecule has 1 nitrogen and oxygen atoms in total. The summed E-state index contributed by atoms with van der Waals surface area (Å²) in [7, 11) is 2.04. The maximum absolute atomic E-state index is 13.4. The standard InChI is InChI=1S/C17H18FNS/c1-17-6-5-10(8-17)15(16(17)19-2)13-9-20-14-7-11(18)3-4-12(13)14/h3-4,7,9-10,19H,5-6,8H2,1-2H3. The first-order valence-corrected chi connectivity index (χ1v) is 8.10. The van der Waals surface area contributed by atoms with E-state index in [-0.39, 0.29) is 5.82 Å². The monoisotopic (exact) mass is 287 g/mol. The number of thiophene rings is 1. The molecule has 2 atom stereocenters. The molecule has 1 aromatic carbocycles. The average Bonchev–Trinajstić information content (AvgIpc) is 3.06. The number of hydrogen-bond donors (Lipinski definition) is 1. The maximum Gasteiger partial charge on any atom is 0.124 e. The van der Waals surface area contributed by atoms with Gasteiger partial charge in [-0.1, -0.05) is 13.0 Å². The first-order valence-electron chi connectivity index (χ1n) is 7.22. The molecular weight excluding hydrogens is 269 g/mol. The largest absolute Gasteiger partial charge is 0.391 e. The Morgan fingerprint density at radius 3 is 3.05 bits per heavy atom. The Hall–Kier alpha value is -1.35. The van der Waals surface area contributed by atoms with Gasteiger partial charge in [0.15, 0.2) is 0 Å². The Bertz CT molecular complexity index is 730. The van der Waals surface area contributed by atoms with Crippen molar-refractivity contribution in [3.05, 3.63) is 40.7 Å². The fraction of sp³-hybridized carbons (Fsp3) is 0.412. The minimum Gasteiger partial charge on any atom is -0.391 e. The first-order chi connectivity index (χ1) is 9.62. The molecule has 1 fully saturated rings. The van der Waals surface area contributed by atoms with Crippen LogP contribution in [0, 0.1) is 17.2 Å². The molecule has 104 valence electrons. The molecule has 0 aliphatic heterocycles. The van der Waals surface area contributed by atoms with Crippen molar-refractivity contribution >= 4 is 27.0 Å². The van der Waals surface area contributed by atoms with Crippen LogP contribution in [0.1, 0.15) is 31.7 Å². The number of hydrogen-bond acceptors (Lipinski definition) is 2. The third kappa shape index (κ3) is 1.53. The minimum absolute atomic E-state index is 0.145. The Labute approximate surface area is 122 Å². The SMILES string of the molecule is CNC1=C(c2csc3cc(F)ccc23)C2CCC1(C)C2. The summed E-state index contributed by atoms with van der Waals surface area (Å²) in [6.07, 6.45) is 3.83. The Morgan fingerprint density at radius 1 is 1.40 bits per heavy atom. The van der Waals surface area contributed by atoms with E-state index in [1.165, 1.54) is 41.5 Å². The highest BCUT2D eigenvalue weighted by Gasteiger charge is 2.48. The minimum atomic E-state index is -0.145. The molecule has 1 saturated carbocycles. The maximum atomic E-state index is 13.4. The smallest absolute Gasteiger partial charge is 0.124 e. The predicted octanol–water partition coefficient (Wildman–Crippen LogP) is 4.79. The normalized spacial score (nSPS) is 28.6. The van der Waals surface area contributed by atoms with E-state index in [9.17, 15) is 4.39 Å². The van der Waals surface area contributed by atoms with Crippen LogP contribution in [0.5, 0.6) is 0 Å². The fourth-order valence-electron chi connectivity index (χ4n) is 4.25. The fourth-order valence-corrected chi connectivity index (χ4v) is 5.23. The van der Waals surface area contributed by atoms with Gasteiger partial charge >= 0.3 is 0 Å². The molecule has 1 N–H and O–H groups in total. The summed E-state index contributed by atoms with van der Waals surface area (Å²) in [6.45, 7) is 2.38. The zero-order chi connectivity index (χ0) is 13.9. The van der Waals surface area contributed by atoms with Crippen molar-refractivity contribution in [3.63, 3.8) is 0 Å². The quantitative estimate of drug-likeness (QED) is 0.837. The van der Waals surface area contributed by atoms with E-state index in [1.54, 1.807) is 23.5 Å². The van der Waals surface area contributed by atoms with Crippen molar-refractivity contribution in [3.8, 4) is 0 Å². The van der Waals surface area contributed by atoms with E-state index in [2.05, 4.69) is 17.6 Å². The molecule has 1 aromatic heterocycles. The van der Waals surface area contributed by atoms with Gasteiger partial charge in [0.05, 0.1) is 0 Å². The van der Waals surface area contributed by atoms with Crippen LogP contribution in [0.3, 0.4) is 0 Å². The Balaban J connectivity index is 1.95. The van der Waals surface area contributed by atoms with Gasteiger partial charge in [0, 0.05) is 28.2 Å². The van der Waals surface area contributed by atoms with Gasteiger partial charge in [0.1, 0.15) is 5.82 Å². The second-order valence-corrected chi connectivity index (χ2v) is 7.24. The summed E-state index contributed by atoms with van der Waals surface area (Å²) in [4.78, 5) is 0. The molecule has 4 rings (SSSR count). The molecule has 1 heterocycles. The van der Waals surface area contributed by atoms with Crippen LogP contribution < -0.4 is 5.32 Å². The van der Waals surface area contributed by atoms with Gasteiger partial charge in [-0.2, -0.15) is 0 Å². The highest BCUT2D eigenvalue weighted by molar-refractivity contribution is 7.17. The molecule has 2 unspecified atom stereocenters. The predicted molar refractivity (Wildman–Crippen MR) is 83.2 cm³/mol. The Morgan fingerprint density at radius 2 is 2.25 bits per heavy atom. The molecule has 0 amide bonds. The van der Waals surface area contributed by atoms with Crippen LogP contribution in [0.2, 0.25) is 0 Å². The molecular formula is C17H18FNS. The number of halogens is 1. The van der Waals surface area contributed by atoms with Crippen LogP contribution in [0.25, 0.3) is 15.7 Å². The molecule has 20 heavy (non-hydrogen) atoms. The molecule has 3 heteroatoms. The number of fused-ring (bicyclic) bond motifs is 3. The lowest BCUT2D eigenvalue weighted by Crippen LogP contribution is -2.23. The number of nitrogens with one attached hydrogen (secondary N) is 1. The Kier molecular flexibility index (Phi) is 2.53. The van der Waals surface area contributed by atoms with Gasteiger partial charge in [0.2, 0.25) is 0 Å². The van der Waals surface area contributed by atoms with Crippen LogP contribution in [0.4, 0.5) is 4.39 Å². The van der Waals surface area contributed by atoms with Gasteiger partial charge in [0.25, 0.3) is 0 Å². The lowest BCUT2D eigenvalue weighted by Gasteiger charge is -2.27. The van der Waals surface area contributed by atoms with Gasteiger partial charge < -0.3 is 5.32 Å². The lowest BCUT2D eigenvalue weighted by molar-refractivity contribution is 0.404. The first kappa shape index (κ1) is 12.4. The molecule has 0 radical (unpaired) electrons. The third-order valence-electron chi connectivity index (χ3n) is 5.10.